The minimum atomic E-state index is -0.472. The lowest BCUT2D eigenvalue weighted by molar-refractivity contribution is -0.146. The van der Waals surface area contributed by atoms with Crippen molar-refractivity contribution in [2.45, 2.75) is 77.7 Å². The van der Waals surface area contributed by atoms with Crippen LogP contribution in [0.3, 0.4) is 0 Å². The van der Waals surface area contributed by atoms with E-state index in [1.165, 1.54) is 6.42 Å². The molecule has 1 fully saturated rings. The zero-order valence-electron chi connectivity index (χ0n) is 19.1. The Bertz CT molecular complexity index is 1030. The Morgan fingerprint density at radius 1 is 1.09 bits per heavy atom. The van der Waals surface area contributed by atoms with Crippen LogP contribution in [0.1, 0.15) is 77.2 Å². The average molecular weight is 438 g/mol. The van der Waals surface area contributed by atoms with Gasteiger partial charge in [-0.05, 0) is 62.1 Å². The van der Waals surface area contributed by atoms with Crippen LogP contribution in [-0.4, -0.2) is 24.6 Å². The quantitative estimate of drug-likeness (QED) is 0.679. The lowest BCUT2D eigenvalue weighted by Gasteiger charge is -2.39. The van der Waals surface area contributed by atoms with Crippen molar-refractivity contribution < 1.29 is 23.8 Å². The molecule has 0 bridgehead atoms. The summed E-state index contributed by atoms with van der Waals surface area (Å²) >= 11 is 0. The summed E-state index contributed by atoms with van der Waals surface area (Å²) < 4.78 is 17.0. The lowest BCUT2D eigenvalue weighted by Crippen LogP contribution is -2.39. The van der Waals surface area contributed by atoms with Crippen molar-refractivity contribution in [2.24, 2.45) is 5.41 Å². The number of Topliss-reactive ketones (excluding diaryl/α,β-unsaturated/α-hetero) is 1. The van der Waals surface area contributed by atoms with Crippen LogP contribution in [0.15, 0.2) is 40.7 Å². The standard InChI is InChI=1S/C26H31NO5/c1-15-22(25(29)32-17-7-5-4-6-8-17)23(16-9-10-20-21(11-16)31-14-30-20)24-18(27-15)12-26(2,3)13-19(24)28/h9-11,17,23,27H,4-8,12-14H2,1-3H3/t23-/m0/s1. The molecule has 0 amide bonds. The van der Waals surface area contributed by atoms with Crippen molar-refractivity contribution in [1.29, 1.82) is 0 Å². The van der Waals surface area contributed by atoms with Gasteiger partial charge in [-0.3, -0.25) is 4.79 Å². The summed E-state index contributed by atoms with van der Waals surface area (Å²) in [5.74, 6) is 0.612. The van der Waals surface area contributed by atoms with Crippen LogP contribution in [0.2, 0.25) is 0 Å². The van der Waals surface area contributed by atoms with Crippen LogP contribution < -0.4 is 14.8 Å². The van der Waals surface area contributed by atoms with Crippen molar-refractivity contribution in [3.8, 4) is 11.5 Å². The molecule has 32 heavy (non-hydrogen) atoms. The zero-order valence-corrected chi connectivity index (χ0v) is 19.1. The number of benzene rings is 1. The number of nitrogens with one attached hydrogen (secondary N) is 1. The molecule has 4 aliphatic rings. The van der Waals surface area contributed by atoms with Gasteiger partial charge in [0.15, 0.2) is 17.3 Å². The third kappa shape index (κ3) is 3.80. The van der Waals surface area contributed by atoms with Crippen LogP contribution in [0.25, 0.3) is 0 Å². The van der Waals surface area contributed by atoms with E-state index >= 15 is 0 Å². The number of ketones is 1. The highest BCUT2D eigenvalue weighted by Gasteiger charge is 2.43. The second-order valence-corrected chi connectivity index (χ2v) is 10.2. The fourth-order valence-corrected chi connectivity index (χ4v) is 5.53. The third-order valence-electron chi connectivity index (χ3n) is 7.02. The Hall–Kier alpha value is -2.76. The number of carbonyl (C=O) groups is 2. The molecule has 170 valence electrons. The minimum Gasteiger partial charge on any atom is -0.459 e. The Balaban J connectivity index is 1.57. The number of rotatable bonds is 3. The Labute approximate surface area is 189 Å². The Kier molecular flexibility index (Phi) is 5.26. The molecule has 1 atom stereocenters. The molecule has 6 heteroatoms. The van der Waals surface area contributed by atoms with Gasteiger partial charge in [-0.25, -0.2) is 4.79 Å². The zero-order chi connectivity index (χ0) is 22.5. The van der Waals surface area contributed by atoms with E-state index in [0.29, 0.717) is 29.1 Å². The molecule has 1 saturated carbocycles. The van der Waals surface area contributed by atoms with Gasteiger partial charge in [0, 0.05) is 29.3 Å². The predicted molar refractivity (Wildman–Crippen MR) is 119 cm³/mol. The molecule has 0 unspecified atom stereocenters. The van der Waals surface area contributed by atoms with Crippen LogP contribution in [0, 0.1) is 5.41 Å². The number of carbonyl (C=O) groups excluding carboxylic acids is 2. The number of dihydropyridines is 1. The molecular weight excluding hydrogens is 406 g/mol. The van der Waals surface area contributed by atoms with Gasteiger partial charge in [-0.2, -0.15) is 0 Å². The van der Waals surface area contributed by atoms with E-state index in [9.17, 15) is 9.59 Å². The summed E-state index contributed by atoms with van der Waals surface area (Å²) in [6.45, 7) is 6.31. The molecule has 0 aromatic heterocycles. The normalized spacial score (nSPS) is 24.8. The van der Waals surface area contributed by atoms with Gasteiger partial charge in [-0.15, -0.1) is 0 Å². The maximum atomic E-state index is 13.5. The first-order valence-corrected chi connectivity index (χ1v) is 11.7. The van der Waals surface area contributed by atoms with Crippen molar-refractivity contribution >= 4 is 11.8 Å². The second kappa shape index (κ2) is 7.98. The van der Waals surface area contributed by atoms with E-state index in [1.54, 1.807) is 0 Å². The molecule has 0 radical (unpaired) electrons. The molecule has 2 heterocycles. The summed E-state index contributed by atoms with van der Waals surface area (Å²) in [7, 11) is 0. The molecule has 5 rings (SSSR count). The molecule has 1 aromatic rings. The van der Waals surface area contributed by atoms with E-state index in [4.69, 9.17) is 14.2 Å². The summed E-state index contributed by atoms with van der Waals surface area (Å²) in [5, 5.41) is 3.41. The molecule has 0 spiro atoms. The van der Waals surface area contributed by atoms with Gasteiger partial charge >= 0.3 is 5.97 Å². The SMILES string of the molecule is CC1=C(C(=O)OC2CCCCC2)[C@H](c2ccc3c(c2)OCO3)C2=C(CC(C)(C)CC2=O)N1. The van der Waals surface area contributed by atoms with Crippen LogP contribution >= 0.6 is 0 Å². The summed E-state index contributed by atoms with van der Waals surface area (Å²) in [4.78, 5) is 26.9. The highest BCUT2D eigenvalue weighted by Crippen LogP contribution is 2.48. The molecule has 1 N–H and O–H groups in total. The van der Waals surface area contributed by atoms with Crippen molar-refractivity contribution in [3.05, 3.63) is 46.3 Å². The third-order valence-corrected chi connectivity index (χ3v) is 7.02. The van der Waals surface area contributed by atoms with Gasteiger partial charge in [0.05, 0.1) is 5.57 Å². The number of hydrogen-bond acceptors (Lipinski definition) is 6. The van der Waals surface area contributed by atoms with Crippen LogP contribution in [0.5, 0.6) is 11.5 Å². The molecule has 0 saturated heterocycles. The second-order valence-electron chi connectivity index (χ2n) is 10.2. The summed E-state index contributed by atoms with van der Waals surface area (Å²) in [6.07, 6.45) is 6.34. The molecular formula is C26H31NO5. The predicted octanol–water partition coefficient (Wildman–Crippen LogP) is 4.90. The van der Waals surface area contributed by atoms with E-state index in [2.05, 4.69) is 19.2 Å². The molecule has 2 aliphatic carbocycles. The maximum Gasteiger partial charge on any atom is 0.337 e. The van der Waals surface area contributed by atoms with E-state index in [0.717, 1.165) is 49.1 Å². The lowest BCUT2D eigenvalue weighted by atomic mass is 9.68. The van der Waals surface area contributed by atoms with Gasteiger partial charge in [-0.1, -0.05) is 26.3 Å². The molecule has 2 aliphatic heterocycles. The van der Waals surface area contributed by atoms with Crippen molar-refractivity contribution in [3.63, 3.8) is 0 Å². The Morgan fingerprint density at radius 2 is 1.84 bits per heavy atom. The monoisotopic (exact) mass is 437 g/mol. The first-order valence-electron chi connectivity index (χ1n) is 11.7. The number of allylic oxidation sites excluding steroid dienone is 3. The minimum absolute atomic E-state index is 0.0506. The maximum absolute atomic E-state index is 13.5. The largest absolute Gasteiger partial charge is 0.459 e. The van der Waals surface area contributed by atoms with Gasteiger partial charge in [0.25, 0.3) is 0 Å². The average Bonchev–Trinajstić information content (AvgIpc) is 3.20. The number of ether oxygens (including phenoxy) is 3. The topological polar surface area (TPSA) is 73.9 Å². The van der Waals surface area contributed by atoms with Crippen molar-refractivity contribution in [1.82, 2.24) is 5.32 Å². The van der Waals surface area contributed by atoms with E-state index in [1.807, 2.05) is 25.1 Å². The molecule has 1 aromatic carbocycles. The fraction of sp³-hybridized carbons (Fsp3) is 0.538. The van der Waals surface area contributed by atoms with Crippen LogP contribution in [0.4, 0.5) is 0 Å². The first kappa shape index (κ1) is 21.1. The highest BCUT2D eigenvalue weighted by molar-refractivity contribution is 6.04. The first-order chi connectivity index (χ1) is 15.3. The van der Waals surface area contributed by atoms with Crippen LogP contribution in [-0.2, 0) is 14.3 Å². The summed E-state index contributed by atoms with van der Waals surface area (Å²) in [6, 6.07) is 5.69. The van der Waals surface area contributed by atoms with Gasteiger partial charge in [0.1, 0.15) is 6.10 Å². The number of fused-ring (bicyclic) bond motifs is 1. The van der Waals surface area contributed by atoms with Gasteiger partial charge in [0.2, 0.25) is 6.79 Å². The number of esters is 1. The Morgan fingerprint density at radius 3 is 2.62 bits per heavy atom. The molecule has 6 nitrogen and oxygen atoms in total. The number of hydrogen-bond donors (Lipinski definition) is 1. The highest BCUT2D eigenvalue weighted by atomic mass is 16.7. The fourth-order valence-electron chi connectivity index (χ4n) is 5.53. The van der Waals surface area contributed by atoms with E-state index < -0.39 is 5.92 Å². The van der Waals surface area contributed by atoms with Gasteiger partial charge < -0.3 is 19.5 Å². The smallest absolute Gasteiger partial charge is 0.337 e. The van der Waals surface area contributed by atoms with Crippen molar-refractivity contribution in [2.75, 3.05) is 6.79 Å². The van der Waals surface area contributed by atoms with E-state index in [-0.39, 0.29) is 30.1 Å². The summed E-state index contributed by atoms with van der Waals surface area (Å²) in [5.41, 5.74) is 3.62.